The Bertz CT molecular complexity index is 578. The van der Waals surface area contributed by atoms with Gasteiger partial charge in [-0.25, -0.2) is 0 Å². The highest BCUT2D eigenvalue weighted by atomic mass is 35.5. The number of carbonyl (C=O) groups is 2. The summed E-state index contributed by atoms with van der Waals surface area (Å²) in [5, 5.41) is 3.55. The van der Waals surface area contributed by atoms with Gasteiger partial charge < -0.3 is 10.2 Å². The van der Waals surface area contributed by atoms with E-state index in [1.807, 2.05) is 11.8 Å². The van der Waals surface area contributed by atoms with Crippen molar-refractivity contribution in [1.29, 1.82) is 0 Å². The number of nitrogens with zero attached hydrogens (tertiary/aromatic N) is 2. The molecule has 1 aliphatic heterocycles. The third-order valence-corrected chi connectivity index (χ3v) is 4.84. The van der Waals surface area contributed by atoms with E-state index < -0.39 is 0 Å². The van der Waals surface area contributed by atoms with Crippen molar-refractivity contribution in [3.05, 3.63) is 29.3 Å². The second-order valence-electron chi connectivity index (χ2n) is 6.31. The Morgan fingerprint density at radius 3 is 2.30 bits per heavy atom. The molecule has 1 heterocycles. The predicted octanol–water partition coefficient (Wildman–Crippen LogP) is 2.22. The Morgan fingerprint density at radius 1 is 1.13 bits per heavy atom. The number of amides is 2. The topological polar surface area (TPSA) is 52.7 Å². The van der Waals surface area contributed by atoms with Crippen molar-refractivity contribution in [2.75, 3.05) is 31.5 Å². The van der Waals surface area contributed by atoms with Crippen molar-refractivity contribution in [2.45, 2.75) is 25.8 Å². The maximum atomic E-state index is 12.4. The van der Waals surface area contributed by atoms with E-state index in [4.69, 9.17) is 11.6 Å². The third-order valence-electron chi connectivity index (χ3n) is 4.59. The van der Waals surface area contributed by atoms with Crippen LogP contribution in [0.2, 0.25) is 5.02 Å². The summed E-state index contributed by atoms with van der Waals surface area (Å²) in [6.45, 7) is 4.83. The van der Waals surface area contributed by atoms with Gasteiger partial charge in [-0.05, 0) is 44.0 Å². The smallest absolute Gasteiger partial charge is 0.241 e. The molecule has 0 radical (unpaired) electrons. The molecule has 6 heteroatoms. The van der Waals surface area contributed by atoms with E-state index in [2.05, 4.69) is 10.2 Å². The van der Waals surface area contributed by atoms with Gasteiger partial charge in [-0.15, -0.1) is 0 Å². The van der Waals surface area contributed by atoms with Crippen molar-refractivity contribution in [3.63, 3.8) is 0 Å². The fourth-order valence-electron chi connectivity index (χ4n) is 2.86. The van der Waals surface area contributed by atoms with E-state index in [0.717, 1.165) is 31.6 Å². The molecule has 1 N–H and O–H groups in total. The van der Waals surface area contributed by atoms with Gasteiger partial charge in [0.25, 0.3) is 0 Å². The normalized spacial score (nSPS) is 20.2. The molecule has 5 nitrogen and oxygen atoms in total. The number of carbonyl (C=O) groups excluding carboxylic acids is 2. The average Bonchev–Trinajstić information content (AvgIpc) is 3.41. The second-order valence-corrected chi connectivity index (χ2v) is 6.74. The van der Waals surface area contributed by atoms with E-state index in [9.17, 15) is 9.59 Å². The molecule has 0 unspecified atom stereocenters. The summed E-state index contributed by atoms with van der Waals surface area (Å²) in [5.74, 6) is 0.532. The molecule has 0 aromatic heterocycles. The predicted molar refractivity (Wildman–Crippen MR) is 90.4 cm³/mol. The molecule has 1 aliphatic carbocycles. The molecule has 2 aliphatic rings. The molecule has 2 amide bonds. The number of halogens is 1. The van der Waals surface area contributed by atoms with Crippen LogP contribution >= 0.6 is 11.6 Å². The molecule has 3 rings (SSSR count). The van der Waals surface area contributed by atoms with Crippen LogP contribution < -0.4 is 5.32 Å². The van der Waals surface area contributed by atoms with Crippen LogP contribution in [0, 0.1) is 5.92 Å². The van der Waals surface area contributed by atoms with Crippen LogP contribution in [0.25, 0.3) is 0 Å². The summed E-state index contributed by atoms with van der Waals surface area (Å²) < 4.78 is 0. The summed E-state index contributed by atoms with van der Waals surface area (Å²) >= 11 is 5.85. The van der Waals surface area contributed by atoms with Crippen molar-refractivity contribution in [1.82, 2.24) is 9.80 Å². The van der Waals surface area contributed by atoms with Gasteiger partial charge in [0.05, 0.1) is 6.04 Å². The quantitative estimate of drug-likeness (QED) is 0.918. The largest absolute Gasteiger partial charge is 0.340 e. The molecular weight excluding hydrogens is 314 g/mol. The third kappa shape index (κ3) is 4.03. The zero-order valence-corrected chi connectivity index (χ0v) is 14.1. The first-order valence-electron chi connectivity index (χ1n) is 8.14. The lowest BCUT2D eigenvalue weighted by Gasteiger charge is -2.37. The number of piperazine rings is 1. The van der Waals surface area contributed by atoms with E-state index in [-0.39, 0.29) is 17.9 Å². The number of benzene rings is 1. The summed E-state index contributed by atoms with van der Waals surface area (Å²) in [7, 11) is 0. The molecule has 1 atom stereocenters. The zero-order chi connectivity index (χ0) is 16.4. The fourth-order valence-corrected chi connectivity index (χ4v) is 2.99. The SMILES string of the molecule is C[C@@H](C(=O)Nc1ccc(Cl)cc1)N1CCN(C(=O)C2CC2)CC1. The van der Waals surface area contributed by atoms with Gasteiger partial charge in [-0.1, -0.05) is 11.6 Å². The van der Waals surface area contributed by atoms with Crippen LogP contribution in [0.1, 0.15) is 19.8 Å². The first-order chi connectivity index (χ1) is 11.0. The van der Waals surface area contributed by atoms with Crippen LogP contribution in [0.3, 0.4) is 0 Å². The summed E-state index contributed by atoms with van der Waals surface area (Å²) in [4.78, 5) is 28.5. The van der Waals surface area contributed by atoms with Gasteiger partial charge in [0.15, 0.2) is 0 Å². The monoisotopic (exact) mass is 335 g/mol. The lowest BCUT2D eigenvalue weighted by Crippen LogP contribution is -2.54. The highest BCUT2D eigenvalue weighted by Gasteiger charge is 2.35. The molecule has 124 valence electrons. The van der Waals surface area contributed by atoms with Gasteiger partial charge in [-0.2, -0.15) is 0 Å². The Balaban J connectivity index is 1.50. The zero-order valence-electron chi connectivity index (χ0n) is 13.3. The van der Waals surface area contributed by atoms with E-state index >= 15 is 0 Å². The maximum Gasteiger partial charge on any atom is 0.241 e. The number of nitrogens with one attached hydrogen (secondary N) is 1. The Labute approximate surface area is 141 Å². The van der Waals surface area contributed by atoms with Gasteiger partial charge >= 0.3 is 0 Å². The molecule has 1 aromatic rings. The summed E-state index contributed by atoms with van der Waals surface area (Å²) in [5.41, 5.74) is 0.744. The van der Waals surface area contributed by atoms with E-state index in [1.54, 1.807) is 24.3 Å². The van der Waals surface area contributed by atoms with Gasteiger partial charge in [-0.3, -0.25) is 14.5 Å². The fraction of sp³-hybridized carbons (Fsp3) is 0.529. The van der Waals surface area contributed by atoms with Crippen LogP contribution in [-0.2, 0) is 9.59 Å². The molecule has 1 saturated heterocycles. The first-order valence-corrected chi connectivity index (χ1v) is 8.51. The molecule has 1 aromatic carbocycles. The number of anilines is 1. The Kier molecular flexibility index (Phi) is 4.87. The summed E-state index contributed by atoms with van der Waals surface area (Å²) in [6, 6.07) is 6.87. The molecule has 2 fully saturated rings. The molecule has 1 saturated carbocycles. The molecular formula is C17H22ClN3O2. The highest BCUT2D eigenvalue weighted by molar-refractivity contribution is 6.30. The van der Waals surface area contributed by atoms with Gasteiger partial charge in [0, 0.05) is 42.8 Å². The number of hydrogen-bond donors (Lipinski definition) is 1. The molecule has 0 spiro atoms. The highest BCUT2D eigenvalue weighted by Crippen LogP contribution is 2.31. The van der Waals surface area contributed by atoms with Crippen molar-refractivity contribution in [2.24, 2.45) is 5.92 Å². The summed E-state index contributed by atoms with van der Waals surface area (Å²) in [6.07, 6.45) is 2.08. The lowest BCUT2D eigenvalue weighted by atomic mass is 10.2. The molecule has 0 bridgehead atoms. The van der Waals surface area contributed by atoms with E-state index in [1.165, 1.54) is 0 Å². The van der Waals surface area contributed by atoms with Crippen molar-refractivity contribution >= 4 is 29.1 Å². The minimum atomic E-state index is -0.219. The van der Waals surface area contributed by atoms with Crippen molar-refractivity contribution in [3.8, 4) is 0 Å². The maximum absolute atomic E-state index is 12.4. The average molecular weight is 336 g/mol. The first kappa shape index (κ1) is 16.3. The van der Waals surface area contributed by atoms with Crippen LogP contribution in [0.15, 0.2) is 24.3 Å². The van der Waals surface area contributed by atoms with Gasteiger partial charge in [0.2, 0.25) is 11.8 Å². The Hall–Kier alpha value is -1.59. The lowest BCUT2D eigenvalue weighted by molar-refractivity contribution is -0.135. The minimum Gasteiger partial charge on any atom is -0.340 e. The van der Waals surface area contributed by atoms with Crippen LogP contribution in [0.5, 0.6) is 0 Å². The second kappa shape index (κ2) is 6.89. The van der Waals surface area contributed by atoms with Gasteiger partial charge in [0.1, 0.15) is 0 Å². The standard InChI is InChI=1S/C17H22ClN3O2/c1-12(16(22)19-15-6-4-14(18)5-7-15)20-8-10-21(11-9-20)17(23)13-2-3-13/h4-7,12-13H,2-3,8-11H2,1H3,(H,19,22)/t12-/m0/s1. The molecule has 23 heavy (non-hydrogen) atoms. The van der Waals surface area contributed by atoms with Crippen LogP contribution in [-0.4, -0.2) is 53.8 Å². The number of rotatable bonds is 4. The van der Waals surface area contributed by atoms with E-state index in [0.29, 0.717) is 24.0 Å². The van der Waals surface area contributed by atoms with Crippen LogP contribution in [0.4, 0.5) is 5.69 Å². The van der Waals surface area contributed by atoms with Crippen molar-refractivity contribution < 1.29 is 9.59 Å². The number of hydrogen-bond acceptors (Lipinski definition) is 3. The minimum absolute atomic E-state index is 0.0331. The Morgan fingerprint density at radius 2 is 1.74 bits per heavy atom.